The summed E-state index contributed by atoms with van der Waals surface area (Å²) in [7, 11) is 0. The smallest absolute Gasteiger partial charge is 0.331 e. The number of aryl methyl sites for hydroxylation is 2. The number of hydrogen-bond acceptors (Lipinski definition) is 1. The standard InChI is InChI=1S/C13H14O2/c1-9(13(14)15)7-10-5-6-11-3-2-4-12(11)8-10/h5-6,8H,1-4,7H2,(H,14,15). The lowest BCUT2D eigenvalue weighted by Crippen LogP contribution is -2.02. The van der Waals surface area contributed by atoms with Gasteiger partial charge in [-0.05, 0) is 36.0 Å². The first kappa shape index (κ1) is 9.97. The Bertz CT molecular complexity index is 419. The van der Waals surface area contributed by atoms with E-state index in [4.69, 9.17) is 5.11 Å². The average molecular weight is 202 g/mol. The third-order valence-corrected chi connectivity index (χ3v) is 2.88. The van der Waals surface area contributed by atoms with Crippen LogP contribution in [0.4, 0.5) is 0 Å². The summed E-state index contributed by atoms with van der Waals surface area (Å²) in [6.07, 6.45) is 3.96. The van der Waals surface area contributed by atoms with Crippen molar-refractivity contribution in [3.8, 4) is 0 Å². The highest BCUT2D eigenvalue weighted by molar-refractivity contribution is 5.86. The monoisotopic (exact) mass is 202 g/mol. The Morgan fingerprint density at radius 3 is 2.80 bits per heavy atom. The molecule has 15 heavy (non-hydrogen) atoms. The lowest BCUT2D eigenvalue weighted by molar-refractivity contribution is -0.132. The molecule has 1 aromatic carbocycles. The van der Waals surface area contributed by atoms with Gasteiger partial charge in [0, 0.05) is 12.0 Å². The fraction of sp³-hybridized carbons (Fsp3) is 0.308. The molecule has 2 heteroatoms. The first-order chi connectivity index (χ1) is 7.16. The van der Waals surface area contributed by atoms with E-state index in [1.165, 1.54) is 17.5 Å². The van der Waals surface area contributed by atoms with E-state index in [2.05, 4.69) is 18.7 Å². The number of fused-ring (bicyclic) bond motifs is 1. The third-order valence-electron chi connectivity index (χ3n) is 2.88. The minimum Gasteiger partial charge on any atom is -0.478 e. The second-order valence-corrected chi connectivity index (χ2v) is 4.04. The number of aliphatic carboxylic acids is 1. The van der Waals surface area contributed by atoms with Gasteiger partial charge in [0.2, 0.25) is 0 Å². The van der Waals surface area contributed by atoms with Crippen LogP contribution in [-0.4, -0.2) is 11.1 Å². The molecule has 0 fully saturated rings. The number of carboxylic acids is 1. The lowest BCUT2D eigenvalue weighted by atomic mass is 10.0. The SMILES string of the molecule is C=C(Cc1ccc2c(c1)CCC2)C(=O)O. The van der Waals surface area contributed by atoms with Crippen molar-refractivity contribution in [1.29, 1.82) is 0 Å². The van der Waals surface area contributed by atoms with Crippen molar-refractivity contribution in [3.63, 3.8) is 0 Å². The van der Waals surface area contributed by atoms with Crippen LogP contribution in [0.25, 0.3) is 0 Å². The van der Waals surface area contributed by atoms with Crippen molar-refractivity contribution in [2.24, 2.45) is 0 Å². The summed E-state index contributed by atoms with van der Waals surface area (Å²) >= 11 is 0. The van der Waals surface area contributed by atoms with Crippen LogP contribution in [0.1, 0.15) is 23.1 Å². The van der Waals surface area contributed by atoms with Gasteiger partial charge in [-0.25, -0.2) is 4.79 Å². The van der Waals surface area contributed by atoms with Gasteiger partial charge in [-0.15, -0.1) is 0 Å². The van der Waals surface area contributed by atoms with Gasteiger partial charge >= 0.3 is 5.97 Å². The normalized spacial score (nSPS) is 13.6. The van der Waals surface area contributed by atoms with Gasteiger partial charge in [0.25, 0.3) is 0 Å². The van der Waals surface area contributed by atoms with Crippen LogP contribution >= 0.6 is 0 Å². The van der Waals surface area contributed by atoms with E-state index < -0.39 is 5.97 Å². The molecule has 0 saturated carbocycles. The summed E-state index contributed by atoms with van der Waals surface area (Å²) in [6.45, 7) is 3.54. The number of benzene rings is 1. The zero-order chi connectivity index (χ0) is 10.8. The van der Waals surface area contributed by atoms with Gasteiger partial charge in [0.05, 0.1) is 0 Å². The average Bonchev–Trinajstić information content (AvgIpc) is 2.64. The minimum atomic E-state index is -0.907. The van der Waals surface area contributed by atoms with Crippen molar-refractivity contribution >= 4 is 5.97 Å². The molecular weight excluding hydrogens is 188 g/mol. The van der Waals surface area contributed by atoms with Crippen LogP contribution in [0.5, 0.6) is 0 Å². The van der Waals surface area contributed by atoms with Gasteiger partial charge in [-0.2, -0.15) is 0 Å². The molecular formula is C13H14O2. The van der Waals surface area contributed by atoms with Gasteiger partial charge in [0.1, 0.15) is 0 Å². The highest BCUT2D eigenvalue weighted by Gasteiger charge is 2.12. The Morgan fingerprint density at radius 2 is 2.07 bits per heavy atom. The summed E-state index contributed by atoms with van der Waals surface area (Å²) in [5, 5.41) is 8.74. The van der Waals surface area contributed by atoms with Crippen LogP contribution in [0.15, 0.2) is 30.4 Å². The summed E-state index contributed by atoms with van der Waals surface area (Å²) in [4.78, 5) is 10.6. The zero-order valence-electron chi connectivity index (χ0n) is 8.62. The second kappa shape index (κ2) is 3.89. The maximum Gasteiger partial charge on any atom is 0.331 e. The molecule has 0 spiro atoms. The summed E-state index contributed by atoms with van der Waals surface area (Å²) in [6, 6.07) is 6.25. The second-order valence-electron chi connectivity index (χ2n) is 4.04. The molecule has 1 aromatic rings. The van der Waals surface area contributed by atoms with E-state index in [0.29, 0.717) is 6.42 Å². The Balaban J connectivity index is 2.17. The third kappa shape index (κ3) is 2.09. The van der Waals surface area contributed by atoms with Crippen molar-refractivity contribution in [3.05, 3.63) is 47.0 Å². The lowest BCUT2D eigenvalue weighted by Gasteiger charge is -2.04. The molecule has 0 amide bonds. The van der Waals surface area contributed by atoms with Crippen LogP contribution in [0, 0.1) is 0 Å². The summed E-state index contributed by atoms with van der Waals surface area (Å²) < 4.78 is 0. The van der Waals surface area contributed by atoms with Gasteiger partial charge in [-0.3, -0.25) is 0 Å². The molecule has 0 unspecified atom stereocenters. The maximum atomic E-state index is 10.6. The van der Waals surface area contributed by atoms with Gasteiger partial charge in [0.15, 0.2) is 0 Å². The predicted molar refractivity (Wildman–Crippen MR) is 58.9 cm³/mol. The predicted octanol–water partition coefficient (Wildman–Crippen LogP) is 2.36. The highest BCUT2D eigenvalue weighted by Crippen LogP contribution is 2.23. The number of carbonyl (C=O) groups is 1. The van der Waals surface area contributed by atoms with E-state index in [1.807, 2.05) is 6.07 Å². The molecule has 0 bridgehead atoms. The first-order valence-corrected chi connectivity index (χ1v) is 5.18. The fourth-order valence-electron chi connectivity index (χ4n) is 2.06. The van der Waals surface area contributed by atoms with Crippen molar-refractivity contribution < 1.29 is 9.90 Å². The molecule has 2 rings (SSSR count). The quantitative estimate of drug-likeness (QED) is 0.764. The Kier molecular flexibility index (Phi) is 2.58. The molecule has 78 valence electrons. The first-order valence-electron chi connectivity index (χ1n) is 5.18. The molecule has 0 aromatic heterocycles. The van der Waals surface area contributed by atoms with Gasteiger partial charge < -0.3 is 5.11 Å². The Hall–Kier alpha value is -1.57. The number of carboxylic acid groups (broad SMARTS) is 1. The summed E-state index contributed by atoms with van der Waals surface area (Å²) in [5.74, 6) is -0.907. The van der Waals surface area contributed by atoms with Crippen LogP contribution in [0.3, 0.4) is 0 Å². The fourth-order valence-corrected chi connectivity index (χ4v) is 2.06. The molecule has 0 aliphatic heterocycles. The minimum absolute atomic E-state index is 0.257. The summed E-state index contributed by atoms with van der Waals surface area (Å²) in [5.41, 5.74) is 4.11. The number of rotatable bonds is 3. The zero-order valence-corrected chi connectivity index (χ0v) is 8.62. The van der Waals surface area contributed by atoms with E-state index >= 15 is 0 Å². The van der Waals surface area contributed by atoms with Crippen LogP contribution in [-0.2, 0) is 24.1 Å². The molecule has 0 radical (unpaired) electrons. The molecule has 1 N–H and O–H groups in total. The van der Waals surface area contributed by atoms with E-state index in [0.717, 1.165) is 18.4 Å². The van der Waals surface area contributed by atoms with Crippen LogP contribution in [0.2, 0.25) is 0 Å². The largest absolute Gasteiger partial charge is 0.478 e. The molecule has 2 nitrogen and oxygen atoms in total. The molecule has 1 aliphatic carbocycles. The number of hydrogen-bond donors (Lipinski definition) is 1. The van der Waals surface area contributed by atoms with E-state index in [-0.39, 0.29) is 5.57 Å². The van der Waals surface area contributed by atoms with E-state index in [9.17, 15) is 4.79 Å². The maximum absolute atomic E-state index is 10.6. The van der Waals surface area contributed by atoms with Gasteiger partial charge in [-0.1, -0.05) is 24.8 Å². The van der Waals surface area contributed by atoms with Crippen molar-refractivity contribution in [1.82, 2.24) is 0 Å². The van der Waals surface area contributed by atoms with E-state index in [1.54, 1.807) is 0 Å². The molecule has 1 aliphatic rings. The Morgan fingerprint density at radius 1 is 1.33 bits per heavy atom. The Labute approximate surface area is 89.2 Å². The van der Waals surface area contributed by atoms with Crippen molar-refractivity contribution in [2.75, 3.05) is 0 Å². The molecule has 0 atom stereocenters. The van der Waals surface area contributed by atoms with Crippen molar-refractivity contribution in [2.45, 2.75) is 25.7 Å². The highest BCUT2D eigenvalue weighted by atomic mass is 16.4. The molecule has 0 saturated heterocycles. The van der Waals surface area contributed by atoms with Crippen LogP contribution < -0.4 is 0 Å². The topological polar surface area (TPSA) is 37.3 Å². The molecule has 0 heterocycles.